The maximum atomic E-state index is 12.6. The van der Waals surface area contributed by atoms with Crippen molar-refractivity contribution >= 4 is 18.3 Å². The van der Waals surface area contributed by atoms with E-state index in [1.807, 2.05) is 0 Å². The Balaban J connectivity index is 0.00000133. The smallest absolute Gasteiger partial charge is 0.226 e. The molecule has 0 aromatic heterocycles. The summed E-state index contributed by atoms with van der Waals surface area (Å²) in [6, 6.07) is 0.549. The topological polar surface area (TPSA) is 41.6 Å². The zero-order chi connectivity index (χ0) is 12.4. The van der Waals surface area contributed by atoms with Gasteiger partial charge in [0.05, 0.1) is 6.61 Å². The third-order valence-electron chi connectivity index (χ3n) is 4.44. The molecule has 1 aliphatic carbocycles. The highest BCUT2D eigenvalue weighted by molar-refractivity contribution is 5.85. The van der Waals surface area contributed by atoms with Gasteiger partial charge in [-0.2, -0.15) is 0 Å². The summed E-state index contributed by atoms with van der Waals surface area (Å²) in [7, 11) is 0. The lowest BCUT2D eigenvalue weighted by Gasteiger charge is -2.31. The fourth-order valence-corrected chi connectivity index (χ4v) is 3.11. The van der Waals surface area contributed by atoms with Crippen molar-refractivity contribution in [1.29, 1.82) is 0 Å². The van der Waals surface area contributed by atoms with Crippen LogP contribution in [0.5, 0.6) is 0 Å². The van der Waals surface area contributed by atoms with Gasteiger partial charge in [-0.05, 0) is 45.2 Å². The first kappa shape index (κ1) is 15.1. The van der Waals surface area contributed by atoms with Crippen molar-refractivity contribution < 1.29 is 9.53 Å². The number of hydrogen-bond acceptors (Lipinski definition) is 3. The molecule has 1 N–H and O–H groups in total. The lowest BCUT2D eigenvalue weighted by atomic mass is 9.95. The van der Waals surface area contributed by atoms with Crippen LogP contribution in [0.2, 0.25) is 0 Å². The zero-order valence-electron chi connectivity index (χ0n) is 11.5. The van der Waals surface area contributed by atoms with Crippen molar-refractivity contribution in [3.63, 3.8) is 0 Å². The van der Waals surface area contributed by atoms with Crippen LogP contribution in [0, 0.1) is 11.8 Å². The zero-order valence-corrected chi connectivity index (χ0v) is 12.3. The molecule has 0 bridgehead atoms. The van der Waals surface area contributed by atoms with E-state index in [0.29, 0.717) is 17.9 Å². The van der Waals surface area contributed by atoms with Gasteiger partial charge in [0.15, 0.2) is 0 Å². The molecule has 1 saturated carbocycles. The first-order valence-electron chi connectivity index (χ1n) is 7.43. The van der Waals surface area contributed by atoms with Crippen molar-refractivity contribution in [3.8, 4) is 0 Å². The molecule has 1 amide bonds. The van der Waals surface area contributed by atoms with Crippen LogP contribution in [0.25, 0.3) is 0 Å². The summed E-state index contributed by atoms with van der Waals surface area (Å²) in [6.45, 7) is 4.67. The van der Waals surface area contributed by atoms with Gasteiger partial charge in [0, 0.05) is 31.0 Å². The second-order valence-corrected chi connectivity index (χ2v) is 5.98. The van der Waals surface area contributed by atoms with Crippen molar-refractivity contribution in [2.75, 3.05) is 32.8 Å². The molecule has 2 heterocycles. The van der Waals surface area contributed by atoms with E-state index in [2.05, 4.69) is 10.2 Å². The van der Waals surface area contributed by atoms with Crippen LogP contribution < -0.4 is 5.32 Å². The van der Waals surface area contributed by atoms with Gasteiger partial charge in [-0.3, -0.25) is 4.79 Å². The second kappa shape index (κ2) is 6.91. The van der Waals surface area contributed by atoms with Crippen LogP contribution >= 0.6 is 12.4 Å². The van der Waals surface area contributed by atoms with E-state index in [0.717, 1.165) is 52.1 Å². The molecule has 2 aliphatic heterocycles. The maximum absolute atomic E-state index is 12.6. The lowest BCUT2D eigenvalue weighted by Crippen LogP contribution is -2.44. The second-order valence-electron chi connectivity index (χ2n) is 5.98. The number of nitrogens with zero attached hydrogens (tertiary/aromatic N) is 1. The third-order valence-corrected chi connectivity index (χ3v) is 4.44. The number of nitrogens with one attached hydrogen (secondary N) is 1. The van der Waals surface area contributed by atoms with Crippen molar-refractivity contribution in [2.45, 2.75) is 38.1 Å². The van der Waals surface area contributed by atoms with Gasteiger partial charge in [-0.1, -0.05) is 0 Å². The van der Waals surface area contributed by atoms with E-state index in [9.17, 15) is 4.79 Å². The fraction of sp³-hybridized carbons (Fsp3) is 0.929. The number of carbonyl (C=O) groups is 1. The average Bonchev–Trinajstić information content (AvgIpc) is 3.13. The highest BCUT2D eigenvalue weighted by Crippen LogP contribution is 2.31. The molecule has 0 aromatic carbocycles. The molecular weight excluding hydrogens is 264 g/mol. The van der Waals surface area contributed by atoms with E-state index < -0.39 is 0 Å². The number of carbonyl (C=O) groups excluding carboxylic acids is 1. The Kier molecular flexibility index (Phi) is 5.48. The van der Waals surface area contributed by atoms with Gasteiger partial charge in [-0.25, -0.2) is 0 Å². The molecule has 5 heteroatoms. The van der Waals surface area contributed by atoms with Crippen molar-refractivity contribution in [2.24, 2.45) is 11.8 Å². The number of ether oxygens (including phenoxy) is 1. The molecule has 3 rings (SSSR count). The molecule has 3 fully saturated rings. The Morgan fingerprint density at radius 1 is 1.16 bits per heavy atom. The van der Waals surface area contributed by atoms with E-state index in [4.69, 9.17) is 4.74 Å². The molecule has 0 spiro atoms. The Hall–Kier alpha value is -0.320. The van der Waals surface area contributed by atoms with Crippen LogP contribution in [0.3, 0.4) is 0 Å². The van der Waals surface area contributed by atoms with Crippen molar-refractivity contribution in [1.82, 2.24) is 10.2 Å². The number of piperidine rings is 1. The highest BCUT2D eigenvalue weighted by atomic mass is 35.5. The SMILES string of the molecule is Cl.O=C(C1CCNCC1)N(CC1CCOC1)C1CC1. The summed E-state index contributed by atoms with van der Waals surface area (Å²) >= 11 is 0. The molecule has 3 aliphatic rings. The van der Waals surface area contributed by atoms with Crippen LogP contribution in [-0.2, 0) is 9.53 Å². The maximum Gasteiger partial charge on any atom is 0.226 e. The quantitative estimate of drug-likeness (QED) is 0.851. The largest absolute Gasteiger partial charge is 0.381 e. The standard InChI is InChI=1S/C14H24N2O2.ClH/c17-14(12-3-6-15-7-4-12)16(13-1-2-13)9-11-5-8-18-10-11;/h11-13,15H,1-10H2;1H. The first-order chi connectivity index (χ1) is 8.84. The van der Waals surface area contributed by atoms with Crippen molar-refractivity contribution in [3.05, 3.63) is 0 Å². The van der Waals surface area contributed by atoms with Gasteiger partial charge in [0.2, 0.25) is 5.91 Å². The summed E-state index contributed by atoms with van der Waals surface area (Å²) < 4.78 is 5.44. The summed E-state index contributed by atoms with van der Waals surface area (Å²) in [5, 5.41) is 3.34. The molecule has 0 radical (unpaired) electrons. The molecular formula is C14H25ClN2O2. The van der Waals surface area contributed by atoms with Gasteiger partial charge in [0.25, 0.3) is 0 Å². The van der Waals surface area contributed by atoms with Crippen LogP contribution in [-0.4, -0.2) is 49.7 Å². The number of hydrogen-bond donors (Lipinski definition) is 1. The van der Waals surface area contributed by atoms with E-state index in [1.165, 1.54) is 12.8 Å². The van der Waals surface area contributed by atoms with Gasteiger partial charge < -0.3 is 15.0 Å². The van der Waals surface area contributed by atoms with Gasteiger partial charge in [0.1, 0.15) is 0 Å². The summed E-state index contributed by atoms with van der Waals surface area (Å²) in [4.78, 5) is 14.8. The van der Waals surface area contributed by atoms with Gasteiger partial charge in [-0.15, -0.1) is 12.4 Å². The summed E-state index contributed by atoms with van der Waals surface area (Å²) in [6.07, 6.45) is 5.59. The fourth-order valence-electron chi connectivity index (χ4n) is 3.11. The first-order valence-corrected chi connectivity index (χ1v) is 7.43. The minimum absolute atomic E-state index is 0. The summed E-state index contributed by atoms with van der Waals surface area (Å²) in [5.41, 5.74) is 0. The number of rotatable bonds is 4. The molecule has 0 aromatic rings. The van der Waals surface area contributed by atoms with Crippen LogP contribution in [0.4, 0.5) is 0 Å². The Morgan fingerprint density at radius 3 is 2.47 bits per heavy atom. The predicted molar refractivity (Wildman–Crippen MR) is 76.5 cm³/mol. The minimum atomic E-state index is 0. The highest BCUT2D eigenvalue weighted by Gasteiger charge is 2.37. The molecule has 19 heavy (non-hydrogen) atoms. The third kappa shape index (κ3) is 3.83. The molecule has 2 saturated heterocycles. The molecule has 110 valence electrons. The normalized spacial score (nSPS) is 27.9. The molecule has 1 atom stereocenters. The summed E-state index contributed by atoms with van der Waals surface area (Å²) in [5.74, 6) is 1.27. The molecule has 1 unspecified atom stereocenters. The van der Waals surface area contributed by atoms with E-state index >= 15 is 0 Å². The monoisotopic (exact) mass is 288 g/mol. The number of halogens is 1. The average molecular weight is 289 g/mol. The van der Waals surface area contributed by atoms with E-state index in [-0.39, 0.29) is 18.3 Å². The minimum Gasteiger partial charge on any atom is -0.381 e. The predicted octanol–water partition coefficient (Wildman–Crippen LogP) is 1.44. The van der Waals surface area contributed by atoms with Crippen LogP contribution in [0.15, 0.2) is 0 Å². The van der Waals surface area contributed by atoms with E-state index in [1.54, 1.807) is 0 Å². The molecule has 4 nitrogen and oxygen atoms in total. The Morgan fingerprint density at radius 2 is 1.89 bits per heavy atom. The lowest BCUT2D eigenvalue weighted by molar-refractivity contribution is -0.137. The Bertz CT molecular complexity index is 298. The Labute approximate surface area is 121 Å². The van der Waals surface area contributed by atoms with Gasteiger partial charge >= 0.3 is 0 Å². The van der Waals surface area contributed by atoms with Crippen LogP contribution in [0.1, 0.15) is 32.1 Å². The number of amides is 1.